The number of rotatable bonds is 4. The Morgan fingerprint density at radius 1 is 1.16 bits per heavy atom. The molecule has 19 heavy (non-hydrogen) atoms. The first-order chi connectivity index (χ1) is 9.16. The Bertz CT molecular complexity index is 556. The molecule has 0 aliphatic heterocycles. The van der Waals surface area contributed by atoms with Gasteiger partial charge in [0.25, 0.3) is 0 Å². The normalized spacial score (nSPS) is 12.3. The SMILES string of the molecule is CON=C(c1ccccc1)C(Cl)(Cl)c1cccnc1. The molecule has 0 bridgehead atoms. The molecule has 0 amide bonds. The van der Waals surface area contributed by atoms with Crippen molar-refractivity contribution in [1.29, 1.82) is 0 Å². The minimum absolute atomic E-state index is 0.423. The average Bonchev–Trinajstić information content (AvgIpc) is 2.46. The quantitative estimate of drug-likeness (QED) is 0.489. The molecule has 98 valence electrons. The summed E-state index contributed by atoms with van der Waals surface area (Å²) in [5.74, 6) is 0. The van der Waals surface area contributed by atoms with Gasteiger partial charge in [-0.05, 0) is 6.07 Å². The Balaban J connectivity index is 2.49. The van der Waals surface area contributed by atoms with E-state index in [9.17, 15) is 0 Å². The lowest BCUT2D eigenvalue weighted by molar-refractivity contribution is 0.212. The third-order valence-corrected chi connectivity index (χ3v) is 3.35. The van der Waals surface area contributed by atoms with Crippen LogP contribution in [0.4, 0.5) is 0 Å². The molecule has 1 aromatic heterocycles. The fraction of sp³-hybridized carbons (Fsp3) is 0.143. The minimum Gasteiger partial charge on any atom is -0.399 e. The Morgan fingerprint density at radius 3 is 2.47 bits per heavy atom. The van der Waals surface area contributed by atoms with Gasteiger partial charge in [-0.15, -0.1) is 0 Å². The van der Waals surface area contributed by atoms with Crippen molar-refractivity contribution in [3.63, 3.8) is 0 Å². The van der Waals surface area contributed by atoms with E-state index < -0.39 is 4.33 Å². The predicted molar refractivity (Wildman–Crippen MR) is 77.6 cm³/mol. The number of hydrogen-bond donors (Lipinski definition) is 0. The molecule has 1 heterocycles. The van der Waals surface area contributed by atoms with Crippen LogP contribution in [-0.4, -0.2) is 17.8 Å². The monoisotopic (exact) mass is 294 g/mol. The van der Waals surface area contributed by atoms with Crippen molar-refractivity contribution in [2.24, 2.45) is 5.16 Å². The minimum atomic E-state index is -1.33. The number of benzene rings is 1. The van der Waals surface area contributed by atoms with E-state index >= 15 is 0 Å². The van der Waals surface area contributed by atoms with Crippen molar-refractivity contribution in [1.82, 2.24) is 4.98 Å². The molecular weight excluding hydrogens is 283 g/mol. The van der Waals surface area contributed by atoms with Crippen molar-refractivity contribution in [3.8, 4) is 0 Å². The van der Waals surface area contributed by atoms with E-state index in [-0.39, 0.29) is 0 Å². The zero-order valence-electron chi connectivity index (χ0n) is 10.3. The molecular formula is C14H12Cl2N2O. The third kappa shape index (κ3) is 3.06. The molecule has 0 unspecified atom stereocenters. The van der Waals surface area contributed by atoms with E-state index in [1.54, 1.807) is 24.5 Å². The van der Waals surface area contributed by atoms with Gasteiger partial charge in [-0.2, -0.15) is 0 Å². The molecule has 2 rings (SSSR count). The summed E-state index contributed by atoms with van der Waals surface area (Å²) in [4.78, 5) is 8.89. The largest absolute Gasteiger partial charge is 0.399 e. The van der Waals surface area contributed by atoms with Gasteiger partial charge in [0.1, 0.15) is 12.8 Å². The average molecular weight is 295 g/mol. The summed E-state index contributed by atoms with van der Waals surface area (Å²) >= 11 is 12.9. The van der Waals surface area contributed by atoms with Crippen LogP contribution < -0.4 is 0 Å². The van der Waals surface area contributed by atoms with Crippen molar-refractivity contribution in [2.45, 2.75) is 4.33 Å². The highest BCUT2D eigenvalue weighted by molar-refractivity contribution is 6.59. The molecule has 0 saturated heterocycles. The van der Waals surface area contributed by atoms with E-state index in [4.69, 9.17) is 28.0 Å². The fourth-order valence-electron chi connectivity index (χ4n) is 1.66. The summed E-state index contributed by atoms with van der Waals surface area (Å²) < 4.78 is -1.33. The van der Waals surface area contributed by atoms with Crippen molar-refractivity contribution >= 4 is 28.9 Å². The van der Waals surface area contributed by atoms with Gasteiger partial charge in [0, 0.05) is 23.5 Å². The number of aromatic nitrogens is 1. The van der Waals surface area contributed by atoms with Gasteiger partial charge >= 0.3 is 0 Å². The number of halogens is 2. The maximum atomic E-state index is 6.46. The van der Waals surface area contributed by atoms with Crippen molar-refractivity contribution in [2.75, 3.05) is 7.11 Å². The summed E-state index contributed by atoms with van der Waals surface area (Å²) in [5.41, 5.74) is 1.85. The van der Waals surface area contributed by atoms with E-state index in [1.807, 2.05) is 30.3 Å². The van der Waals surface area contributed by atoms with E-state index in [0.29, 0.717) is 11.3 Å². The zero-order valence-corrected chi connectivity index (χ0v) is 11.8. The van der Waals surface area contributed by atoms with Gasteiger partial charge in [-0.3, -0.25) is 4.98 Å². The smallest absolute Gasteiger partial charge is 0.190 e. The molecule has 0 aliphatic rings. The number of hydrogen-bond acceptors (Lipinski definition) is 3. The molecule has 0 saturated carbocycles. The fourth-order valence-corrected chi connectivity index (χ4v) is 2.17. The highest BCUT2D eigenvalue weighted by Gasteiger charge is 2.35. The van der Waals surface area contributed by atoms with Gasteiger partial charge in [-0.25, -0.2) is 0 Å². The Hall–Kier alpha value is -1.58. The second kappa shape index (κ2) is 6.04. The van der Waals surface area contributed by atoms with E-state index in [0.717, 1.165) is 5.56 Å². The molecule has 0 radical (unpaired) electrons. The summed E-state index contributed by atoms with van der Waals surface area (Å²) in [6.45, 7) is 0. The maximum absolute atomic E-state index is 6.46. The number of alkyl halides is 2. The molecule has 0 atom stereocenters. The summed E-state index contributed by atoms with van der Waals surface area (Å²) in [6.07, 6.45) is 3.26. The summed E-state index contributed by atoms with van der Waals surface area (Å²) in [5, 5.41) is 3.97. The van der Waals surface area contributed by atoms with Crippen LogP contribution in [0, 0.1) is 0 Å². The standard InChI is InChI=1S/C14H12Cl2N2O/c1-19-18-13(11-6-3-2-4-7-11)14(15,16)12-8-5-9-17-10-12/h2-10H,1H3. The summed E-state index contributed by atoms with van der Waals surface area (Å²) in [7, 11) is 1.45. The molecule has 0 spiro atoms. The highest BCUT2D eigenvalue weighted by Crippen LogP contribution is 2.37. The van der Waals surface area contributed by atoms with Gasteiger partial charge in [0.2, 0.25) is 0 Å². The van der Waals surface area contributed by atoms with Crippen LogP contribution in [0.3, 0.4) is 0 Å². The Labute approximate surface area is 121 Å². The van der Waals surface area contributed by atoms with Crippen LogP contribution in [0.5, 0.6) is 0 Å². The maximum Gasteiger partial charge on any atom is 0.190 e. The van der Waals surface area contributed by atoms with Gasteiger partial charge in [0.05, 0.1) is 0 Å². The van der Waals surface area contributed by atoms with Gasteiger partial charge in [-0.1, -0.05) is 64.8 Å². The van der Waals surface area contributed by atoms with Crippen molar-refractivity contribution < 1.29 is 4.84 Å². The van der Waals surface area contributed by atoms with E-state index in [2.05, 4.69) is 10.1 Å². The lowest BCUT2D eigenvalue weighted by Crippen LogP contribution is -2.25. The van der Waals surface area contributed by atoms with Crippen LogP contribution in [0.2, 0.25) is 0 Å². The van der Waals surface area contributed by atoms with Crippen LogP contribution >= 0.6 is 23.2 Å². The molecule has 2 aromatic rings. The molecule has 0 N–H and O–H groups in total. The number of nitrogens with zero attached hydrogens (tertiary/aromatic N) is 2. The van der Waals surface area contributed by atoms with E-state index in [1.165, 1.54) is 7.11 Å². The number of oxime groups is 1. The summed E-state index contributed by atoms with van der Waals surface area (Å²) in [6, 6.07) is 13.0. The lowest BCUT2D eigenvalue weighted by Gasteiger charge is -2.21. The van der Waals surface area contributed by atoms with Gasteiger partial charge < -0.3 is 4.84 Å². The molecule has 3 nitrogen and oxygen atoms in total. The van der Waals surface area contributed by atoms with Crippen LogP contribution in [0.25, 0.3) is 0 Å². The Morgan fingerprint density at radius 2 is 1.89 bits per heavy atom. The van der Waals surface area contributed by atoms with Crippen LogP contribution in [0.1, 0.15) is 11.1 Å². The highest BCUT2D eigenvalue weighted by atomic mass is 35.5. The lowest BCUT2D eigenvalue weighted by atomic mass is 10.0. The first-order valence-electron chi connectivity index (χ1n) is 5.61. The van der Waals surface area contributed by atoms with Crippen molar-refractivity contribution in [3.05, 3.63) is 66.0 Å². The zero-order chi connectivity index (χ0) is 13.7. The second-order valence-corrected chi connectivity index (χ2v) is 5.13. The molecule has 5 heteroatoms. The predicted octanol–water partition coefficient (Wildman–Crippen LogP) is 3.76. The van der Waals surface area contributed by atoms with Crippen LogP contribution in [0.15, 0.2) is 60.0 Å². The number of pyridine rings is 1. The molecule has 0 aliphatic carbocycles. The van der Waals surface area contributed by atoms with Gasteiger partial charge in [0.15, 0.2) is 4.33 Å². The first-order valence-corrected chi connectivity index (χ1v) is 6.37. The third-order valence-electron chi connectivity index (χ3n) is 2.55. The first kappa shape index (κ1) is 13.8. The topological polar surface area (TPSA) is 34.5 Å². The Kier molecular flexibility index (Phi) is 4.40. The second-order valence-electron chi connectivity index (χ2n) is 3.80. The van der Waals surface area contributed by atoms with Crippen LogP contribution in [-0.2, 0) is 9.17 Å². The molecule has 0 fully saturated rings. The molecule has 1 aromatic carbocycles.